The van der Waals surface area contributed by atoms with Crippen molar-refractivity contribution in [3.63, 3.8) is 0 Å². The predicted molar refractivity (Wildman–Crippen MR) is 136 cm³/mol. The van der Waals surface area contributed by atoms with Gasteiger partial charge in [0.1, 0.15) is 12.4 Å². The Labute approximate surface area is 204 Å². The van der Waals surface area contributed by atoms with E-state index in [0.717, 1.165) is 54.9 Å². The number of methoxy groups -OCH3 is 1. The van der Waals surface area contributed by atoms with Crippen LogP contribution in [-0.4, -0.2) is 85.5 Å². The SMILES string of the molecule is COc1cc(CN(C)CC2(O)CCN(c3ccccn3)C2)ccc1OCCN1CCC(C)CC1. The van der Waals surface area contributed by atoms with Gasteiger partial charge in [-0.2, -0.15) is 0 Å². The summed E-state index contributed by atoms with van der Waals surface area (Å²) in [5, 5.41) is 11.2. The zero-order valence-corrected chi connectivity index (χ0v) is 20.9. The molecular formula is C27H40N4O3. The van der Waals surface area contributed by atoms with Gasteiger partial charge in [0.2, 0.25) is 0 Å². The highest BCUT2D eigenvalue weighted by Gasteiger charge is 2.37. The van der Waals surface area contributed by atoms with Gasteiger partial charge in [-0.1, -0.05) is 19.1 Å². The second-order valence-electron chi connectivity index (χ2n) is 10.1. The summed E-state index contributed by atoms with van der Waals surface area (Å²) in [5.41, 5.74) is 0.394. The number of pyridine rings is 1. The maximum absolute atomic E-state index is 11.2. The van der Waals surface area contributed by atoms with Crippen LogP contribution in [0.2, 0.25) is 0 Å². The third-order valence-corrected chi connectivity index (χ3v) is 7.09. The van der Waals surface area contributed by atoms with Gasteiger partial charge in [-0.05, 0) is 75.1 Å². The molecule has 4 rings (SSSR count). The second kappa shape index (κ2) is 11.4. The molecule has 0 radical (unpaired) electrons. The van der Waals surface area contributed by atoms with Gasteiger partial charge in [-0.3, -0.25) is 9.80 Å². The Hall–Kier alpha value is -2.35. The molecule has 2 fully saturated rings. The Morgan fingerprint density at radius 3 is 2.71 bits per heavy atom. The number of β-amino-alcohol motifs (C(OH)–C–C–N with tert-alkyl or cyclic N) is 1. The monoisotopic (exact) mass is 468 g/mol. The number of anilines is 1. The van der Waals surface area contributed by atoms with Gasteiger partial charge in [0, 0.05) is 38.9 Å². The summed E-state index contributed by atoms with van der Waals surface area (Å²) in [6.07, 6.45) is 5.09. The van der Waals surface area contributed by atoms with Crippen LogP contribution >= 0.6 is 0 Å². The Morgan fingerprint density at radius 1 is 1.15 bits per heavy atom. The van der Waals surface area contributed by atoms with Gasteiger partial charge in [0.05, 0.1) is 12.7 Å². The molecule has 1 atom stereocenters. The maximum Gasteiger partial charge on any atom is 0.161 e. The first-order valence-corrected chi connectivity index (χ1v) is 12.5. The van der Waals surface area contributed by atoms with Crippen LogP contribution in [0.5, 0.6) is 11.5 Å². The highest BCUT2D eigenvalue weighted by atomic mass is 16.5. The first kappa shape index (κ1) is 24.8. The number of benzene rings is 1. The molecule has 2 aromatic rings. The summed E-state index contributed by atoms with van der Waals surface area (Å²) in [6, 6.07) is 12.1. The van der Waals surface area contributed by atoms with E-state index in [-0.39, 0.29) is 0 Å². The topological polar surface area (TPSA) is 61.3 Å². The largest absolute Gasteiger partial charge is 0.493 e. The van der Waals surface area contributed by atoms with E-state index >= 15 is 0 Å². The standard InChI is InChI=1S/C27H40N4O3/c1-22-9-13-30(14-10-22)16-17-34-24-8-7-23(18-25(24)33-3)19-29(2)20-27(32)11-15-31(21-27)26-6-4-5-12-28-26/h4-8,12,18,22,32H,9-11,13-17,19-21H2,1-3H3. The average molecular weight is 469 g/mol. The number of likely N-dealkylation sites (N-methyl/N-ethyl adjacent to an activating group) is 1. The van der Waals surface area contributed by atoms with Crippen LogP contribution in [0.15, 0.2) is 42.6 Å². The lowest BCUT2D eigenvalue weighted by molar-refractivity contribution is 0.0279. The first-order chi connectivity index (χ1) is 16.4. The van der Waals surface area contributed by atoms with Crippen LogP contribution < -0.4 is 14.4 Å². The number of aromatic nitrogens is 1. The summed E-state index contributed by atoms with van der Waals surface area (Å²) in [7, 11) is 3.74. The molecule has 2 aliphatic heterocycles. The average Bonchev–Trinajstić information content (AvgIpc) is 3.23. The summed E-state index contributed by atoms with van der Waals surface area (Å²) in [5.74, 6) is 3.33. The van der Waals surface area contributed by atoms with Crippen LogP contribution in [0.3, 0.4) is 0 Å². The molecule has 2 saturated heterocycles. The number of aliphatic hydroxyl groups is 1. The molecule has 0 saturated carbocycles. The van der Waals surface area contributed by atoms with Crippen molar-refractivity contribution in [1.29, 1.82) is 0 Å². The van der Waals surface area contributed by atoms with Gasteiger partial charge in [0.15, 0.2) is 11.5 Å². The molecule has 1 N–H and O–H groups in total. The number of nitrogens with zero attached hydrogens (tertiary/aromatic N) is 4. The third kappa shape index (κ3) is 6.62. The molecule has 7 nitrogen and oxygen atoms in total. The number of rotatable bonds is 10. The van der Waals surface area contributed by atoms with Gasteiger partial charge in [-0.15, -0.1) is 0 Å². The van der Waals surface area contributed by atoms with Crippen molar-refractivity contribution in [3.8, 4) is 11.5 Å². The number of hydrogen-bond acceptors (Lipinski definition) is 7. The summed E-state index contributed by atoms with van der Waals surface area (Å²) in [6.45, 7) is 9.04. The fraction of sp³-hybridized carbons (Fsp3) is 0.593. The van der Waals surface area contributed by atoms with Crippen molar-refractivity contribution in [2.24, 2.45) is 5.92 Å². The predicted octanol–water partition coefficient (Wildman–Crippen LogP) is 3.27. The van der Waals surface area contributed by atoms with Crippen molar-refractivity contribution >= 4 is 5.82 Å². The Balaban J connectivity index is 1.27. The Kier molecular flexibility index (Phi) is 8.29. The number of likely N-dealkylation sites (tertiary alicyclic amines) is 1. The number of ether oxygens (including phenoxy) is 2. The molecule has 1 aromatic heterocycles. The van der Waals surface area contributed by atoms with Gasteiger partial charge in [0.25, 0.3) is 0 Å². The molecule has 2 aliphatic rings. The van der Waals surface area contributed by atoms with E-state index in [2.05, 4.69) is 39.7 Å². The van der Waals surface area contributed by atoms with Crippen molar-refractivity contribution in [2.75, 3.05) is 64.9 Å². The molecule has 1 unspecified atom stereocenters. The minimum Gasteiger partial charge on any atom is -0.493 e. The van der Waals surface area contributed by atoms with Crippen molar-refractivity contribution in [1.82, 2.24) is 14.8 Å². The van der Waals surface area contributed by atoms with E-state index in [9.17, 15) is 5.11 Å². The molecule has 34 heavy (non-hydrogen) atoms. The van der Waals surface area contributed by atoms with Crippen molar-refractivity contribution in [3.05, 3.63) is 48.2 Å². The highest BCUT2D eigenvalue weighted by molar-refractivity contribution is 5.43. The number of piperidine rings is 1. The Bertz CT molecular complexity index is 904. The number of hydrogen-bond donors (Lipinski definition) is 1. The minimum absolute atomic E-state index is 0.598. The lowest BCUT2D eigenvalue weighted by atomic mass is 9.99. The van der Waals surface area contributed by atoms with E-state index in [0.29, 0.717) is 19.7 Å². The summed E-state index contributed by atoms with van der Waals surface area (Å²) in [4.78, 5) is 11.2. The second-order valence-corrected chi connectivity index (χ2v) is 10.1. The normalized spacial score (nSPS) is 21.9. The van der Waals surface area contributed by atoms with Gasteiger partial charge < -0.3 is 19.5 Å². The molecule has 0 amide bonds. The molecule has 3 heterocycles. The van der Waals surface area contributed by atoms with E-state index < -0.39 is 5.60 Å². The van der Waals surface area contributed by atoms with Crippen molar-refractivity contribution < 1.29 is 14.6 Å². The molecule has 1 aromatic carbocycles. The van der Waals surface area contributed by atoms with E-state index in [1.807, 2.05) is 30.3 Å². The first-order valence-electron chi connectivity index (χ1n) is 12.5. The van der Waals surface area contributed by atoms with Crippen LogP contribution in [-0.2, 0) is 6.54 Å². The zero-order chi connectivity index (χ0) is 24.0. The van der Waals surface area contributed by atoms with Crippen molar-refractivity contribution in [2.45, 2.75) is 38.3 Å². The van der Waals surface area contributed by atoms with E-state index in [1.165, 1.54) is 25.9 Å². The molecule has 186 valence electrons. The molecular weight excluding hydrogens is 428 g/mol. The quantitative estimate of drug-likeness (QED) is 0.574. The molecule has 0 bridgehead atoms. The van der Waals surface area contributed by atoms with Crippen LogP contribution in [0.4, 0.5) is 5.82 Å². The molecule has 7 heteroatoms. The van der Waals surface area contributed by atoms with E-state index in [4.69, 9.17) is 9.47 Å². The lowest BCUT2D eigenvalue weighted by Gasteiger charge is -2.30. The van der Waals surface area contributed by atoms with Crippen LogP contribution in [0, 0.1) is 5.92 Å². The van der Waals surface area contributed by atoms with Crippen LogP contribution in [0.25, 0.3) is 0 Å². The van der Waals surface area contributed by atoms with E-state index in [1.54, 1.807) is 13.3 Å². The fourth-order valence-electron chi connectivity index (χ4n) is 5.09. The van der Waals surface area contributed by atoms with Crippen LogP contribution in [0.1, 0.15) is 31.7 Å². The minimum atomic E-state index is -0.744. The molecule has 0 aliphatic carbocycles. The highest BCUT2D eigenvalue weighted by Crippen LogP contribution is 2.30. The van der Waals surface area contributed by atoms with Gasteiger partial charge >= 0.3 is 0 Å². The smallest absolute Gasteiger partial charge is 0.161 e. The zero-order valence-electron chi connectivity index (χ0n) is 20.9. The van der Waals surface area contributed by atoms with Gasteiger partial charge in [-0.25, -0.2) is 4.98 Å². The fourth-order valence-corrected chi connectivity index (χ4v) is 5.09. The molecule has 0 spiro atoms. The Morgan fingerprint density at radius 2 is 1.97 bits per heavy atom. The summed E-state index contributed by atoms with van der Waals surface area (Å²) >= 11 is 0. The third-order valence-electron chi connectivity index (χ3n) is 7.09. The maximum atomic E-state index is 11.2. The lowest BCUT2D eigenvalue weighted by Crippen LogP contribution is -2.43. The summed E-state index contributed by atoms with van der Waals surface area (Å²) < 4.78 is 11.7.